The average molecular weight is 480 g/mol. The van der Waals surface area contributed by atoms with Crippen LogP contribution in [0.2, 0.25) is 0 Å². The number of fused-ring (bicyclic) bond motifs is 3. The molecule has 0 fully saturated rings. The van der Waals surface area contributed by atoms with E-state index in [0.29, 0.717) is 53.9 Å². The molecule has 8 nitrogen and oxygen atoms in total. The van der Waals surface area contributed by atoms with Gasteiger partial charge in [0.25, 0.3) is 5.91 Å². The maximum atomic E-state index is 13.7. The van der Waals surface area contributed by atoms with Crippen molar-refractivity contribution >= 4 is 43.6 Å². The number of carbonyl (C=O) groups is 1. The van der Waals surface area contributed by atoms with Crippen LogP contribution in [0.25, 0.3) is 21.2 Å². The van der Waals surface area contributed by atoms with Gasteiger partial charge < -0.3 is 18.8 Å². The number of hydrogen-bond acceptors (Lipinski definition) is 8. The second kappa shape index (κ2) is 9.44. The standard InChI is InChI=1S/C25H25N3O5S/c1-3-27(4-2)9-10-28(23(29)17-13-16-7-5-6-8-19(16)33-24(17)30)25-26-18-14-20-21(15-22(18)34-25)32-12-11-31-20/h5-8,13-15H,3-4,9-12H2,1-2H3. The van der Waals surface area contributed by atoms with Crippen LogP contribution in [0, 0.1) is 0 Å². The first-order chi connectivity index (χ1) is 16.6. The Morgan fingerprint density at radius 2 is 1.76 bits per heavy atom. The molecule has 0 bridgehead atoms. The molecule has 9 heteroatoms. The van der Waals surface area contributed by atoms with Crippen LogP contribution in [0.15, 0.2) is 51.7 Å². The largest absolute Gasteiger partial charge is 0.486 e. The number of hydrogen-bond donors (Lipinski definition) is 0. The van der Waals surface area contributed by atoms with Crippen LogP contribution in [0.3, 0.4) is 0 Å². The Morgan fingerprint density at radius 3 is 2.53 bits per heavy atom. The smallest absolute Gasteiger partial charge is 0.349 e. The van der Waals surface area contributed by atoms with Gasteiger partial charge in [0.05, 0.1) is 10.2 Å². The van der Waals surface area contributed by atoms with E-state index in [1.807, 2.05) is 24.3 Å². The number of anilines is 1. The quantitative estimate of drug-likeness (QED) is 0.368. The van der Waals surface area contributed by atoms with E-state index in [4.69, 9.17) is 18.9 Å². The lowest BCUT2D eigenvalue weighted by Crippen LogP contribution is -2.40. The summed E-state index contributed by atoms with van der Waals surface area (Å²) in [5, 5.41) is 1.21. The zero-order valence-electron chi connectivity index (χ0n) is 19.1. The summed E-state index contributed by atoms with van der Waals surface area (Å²) < 4.78 is 17.7. The molecule has 2 aromatic carbocycles. The third kappa shape index (κ3) is 4.24. The lowest BCUT2D eigenvalue weighted by Gasteiger charge is -2.24. The lowest BCUT2D eigenvalue weighted by molar-refractivity contribution is 0.0980. The second-order valence-corrected chi connectivity index (χ2v) is 8.94. The second-order valence-electron chi connectivity index (χ2n) is 7.93. The molecule has 1 amide bonds. The van der Waals surface area contributed by atoms with Crippen molar-refractivity contribution < 1.29 is 18.7 Å². The summed E-state index contributed by atoms with van der Waals surface area (Å²) in [4.78, 5) is 34.9. The molecule has 34 heavy (non-hydrogen) atoms. The predicted octanol–water partition coefficient (Wildman–Crippen LogP) is 4.16. The summed E-state index contributed by atoms with van der Waals surface area (Å²) in [6.45, 7) is 7.90. The lowest BCUT2D eigenvalue weighted by atomic mass is 10.1. The van der Waals surface area contributed by atoms with Gasteiger partial charge in [0.15, 0.2) is 16.6 Å². The number of aromatic nitrogens is 1. The van der Waals surface area contributed by atoms with Gasteiger partial charge in [-0.2, -0.15) is 0 Å². The minimum atomic E-state index is -0.657. The fourth-order valence-electron chi connectivity index (χ4n) is 3.99. The molecule has 1 aliphatic heterocycles. The zero-order chi connectivity index (χ0) is 23.7. The molecule has 4 aromatic rings. The molecule has 0 aliphatic carbocycles. The van der Waals surface area contributed by atoms with Crippen LogP contribution in [0.4, 0.5) is 5.13 Å². The topological polar surface area (TPSA) is 85.1 Å². The van der Waals surface area contributed by atoms with Crippen LogP contribution in [0.5, 0.6) is 11.5 Å². The number of ether oxygens (including phenoxy) is 2. The third-order valence-corrected chi connectivity index (χ3v) is 6.96. The van der Waals surface area contributed by atoms with Gasteiger partial charge >= 0.3 is 5.63 Å². The number of nitrogens with zero attached hydrogens (tertiary/aromatic N) is 3. The number of amides is 1. The Labute approximate surface area is 200 Å². The van der Waals surface area contributed by atoms with Gasteiger partial charge in [0, 0.05) is 30.6 Å². The minimum Gasteiger partial charge on any atom is -0.486 e. The SMILES string of the molecule is CCN(CC)CCN(C(=O)c1cc2ccccc2oc1=O)c1nc2cc3c(cc2s1)OCCO3. The van der Waals surface area contributed by atoms with Gasteiger partial charge in [0.2, 0.25) is 0 Å². The number of likely N-dealkylation sites (N-methyl/N-ethyl adjacent to an activating group) is 1. The summed E-state index contributed by atoms with van der Waals surface area (Å²) in [7, 11) is 0. The molecule has 0 radical (unpaired) electrons. The van der Waals surface area contributed by atoms with Crippen LogP contribution in [-0.2, 0) is 0 Å². The molecular weight excluding hydrogens is 454 g/mol. The minimum absolute atomic E-state index is 0.0107. The number of para-hydroxylation sites is 1. The molecule has 1 aliphatic rings. The van der Waals surface area contributed by atoms with Gasteiger partial charge in [-0.05, 0) is 25.2 Å². The van der Waals surface area contributed by atoms with Crippen molar-refractivity contribution in [1.82, 2.24) is 9.88 Å². The third-order valence-electron chi connectivity index (χ3n) is 5.92. The molecule has 0 saturated heterocycles. The molecule has 0 N–H and O–H groups in total. The molecule has 3 heterocycles. The Kier molecular flexibility index (Phi) is 6.21. The van der Waals surface area contributed by atoms with E-state index < -0.39 is 11.5 Å². The average Bonchev–Trinajstić information content (AvgIpc) is 3.26. The summed E-state index contributed by atoms with van der Waals surface area (Å²) >= 11 is 1.38. The van der Waals surface area contributed by atoms with E-state index in [-0.39, 0.29) is 5.56 Å². The molecule has 2 aromatic heterocycles. The van der Waals surface area contributed by atoms with Crippen LogP contribution in [0.1, 0.15) is 24.2 Å². The van der Waals surface area contributed by atoms with Crippen molar-refractivity contribution in [2.24, 2.45) is 0 Å². The van der Waals surface area contributed by atoms with Gasteiger partial charge in [-0.1, -0.05) is 43.4 Å². The molecular formula is C25H25N3O5S. The highest BCUT2D eigenvalue weighted by Crippen LogP contribution is 2.39. The van der Waals surface area contributed by atoms with Gasteiger partial charge in [0.1, 0.15) is 24.4 Å². The van der Waals surface area contributed by atoms with Crippen molar-refractivity contribution in [2.45, 2.75) is 13.8 Å². The van der Waals surface area contributed by atoms with E-state index >= 15 is 0 Å². The van der Waals surface area contributed by atoms with Crippen molar-refractivity contribution in [3.8, 4) is 11.5 Å². The van der Waals surface area contributed by atoms with Crippen LogP contribution < -0.4 is 20.0 Å². The number of carbonyl (C=O) groups excluding carboxylic acids is 1. The molecule has 0 atom stereocenters. The van der Waals surface area contributed by atoms with Crippen molar-refractivity contribution in [2.75, 3.05) is 44.3 Å². The molecule has 0 unspecified atom stereocenters. The van der Waals surface area contributed by atoms with Gasteiger partial charge in [-0.3, -0.25) is 9.69 Å². The van der Waals surface area contributed by atoms with Gasteiger partial charge in [-0.25, -0.2) is 9.78 Å². The first-order valence-electron chi connectivity index (χ1n) is 11.3. The maximum absolute atomic E-state index is 13.7. The van der Waals surface area contributed by atoms with Crippen molar-refractivity contribution in [1.29, 1.82) is 0 Å². The molecule has 0 saturated carbocycles. The monoisotopic (exact) mass is 479 g/mol. The Bertz CT molecular complexity index is 1370. The Balaban J connectivity index is 1.56. The number of benzene rings is 2. The van der Waals surface area contributed by atoms with E-state index in [2.05, 4.69) is 18.7 Å². The number of thiazole rings is 1. The Morgan fingerprint density at radius 1 is 1.03 bits per heavy atom. The van der Waals surface area contributed by atoms with Crippen molar-refractivity contribution in [3.05, 3.63) is 58.4 Å². The molecule has 176 valence electrons. The predicted molar refractivity (Wildman–Crippen MR) is 133 cm³/mol. The fourth-order valence-corrected chi connectivity index (χ4v) is 4.99. The number of rotatable bonds is 7. The van der Waals surface area contributed by atoms with E-state index in [1.165, 1.54) is 11.3 Å². The highest BCUT2D eigenvalue weighted by atomic mass is 32.1. The normalized spacial score (nSPS) is 13.0. The first kappa shape index (κ1) is 22.4. The fraction of sp³-hybridized carbons (Fsp3) is 0.320. The highest BCUT2D eigenvalue weighted by Gasteiger charge is 2.26. The summed E-state index contributed by atoms with van der Waals surface area (Å²) in [5.41, 5.74) is 0.498. The Hall–Kier alpha value is -3.43. The highest BCUT2D eigenvalue weighted by molar-refractivity contribution is 7.22. The maximum Gasteiger partial charge on any atom is 0.349 e. The van der Waals surface area contributed by atoms with Gasteiger partial charge in [-0.15, -0.1) is 0 Å². The van der Waals surface area contributed by atoms with E-state index in [0.717, 1.165) is 23.3 Å². The zero-order valence-corrected chi connectivity index (χ0v) is 19.9. The van der Waals surface area contributed by atoms with Crippen molar-refractivity contribution in [3.63, 3.8) is 0 Å². The summed E-state index contributed by atoms with van der Waals surface area (Å²) in [6.07, 6.45) is 0. The first-order valence-corrected chi connectivity index (χ1v) is 12.2. The van der Waals surface area contributed by atoms with E-state index in [1.54, 1.807) is 23.1 Å². The van der Waals surface area contributed by atoms with E-state index in [9.17, 15) is 9.59 Å². The summed E-state index contributed by atoms with van der Waals surface area (Å²) in [6, 6.07) is 12.5. The summed E-state index contributed by atoms with van der Waals surface area (Å²) in [5.74, 6) is 0.889. The molecule has 5 rings (SSSR count). The molecule has 0 spiro atoms. The van der Waals surface area contributed by atoms with Crippen LogP contribution >= 0.6 is 11.3 Å². The van der Waals surface area contributed by atoms with Crippen LogP contribution in [-0.4, -0.2) is 55.2 Å².